The first-order valence-electron chi connectivity index (χ1n) is 11.8. The second-order valence-corrected chi connectivity index (χ2v) is 9.81. The summed E-state index contributed by atoms with van der Waals surface area (Å²) in [5.74, 6) is -0.0658. The number of hydrogen-bond acceptors (Lipinski definition) is 5. The van der Waals surface area contributed by atoms with Gasteiger partial charge in [0.1, 0.15) is 5.60 Å². The van der Waals surface area contributed by atoms with E-state index in [4.69, 9.17) is 10.5 Å². The summed E-state index contributed by atoms with van der Waals surface area (Å²) in [7, 11) is 0. The van der Waals surface area contributed by atoms with Gasteiger partial charge in [-0.1, -0.05) is 12.1 Å². The van der Waals surface area contributed by atoms with Crippen LogP contribution in [0.5, 0.6) is 0 Å². The number of likely N-dealkylation sites (tertiary alicyclic amines) is 1. The molecule has 3 heterocycles. The average Bonchev–Trinajstić information content (AvgIpc) is 3.57. The quantitative estimate of drug-likeness (QED) is 0.670. The SMILES string of the molecule is Nc1cccc(CCN2CCC3(CC2)CN(Cc2ccc(C(F)(F)F)cn2)C(=O)C2(CC2)O3)c1. The molecule has 1 saturated carbocycles. The lowest BCUT2D eigenvalue weighted by Gasteiger charge is -2.50. The number of rotatable bonds is 5. The van der Waals surface area contributed by atoms with E-state index < -0.39 is 22.9 Å². The number of nitrogens with two attached hydrogens (primary N) is 1. The van der Waals surface area contributed by atoms with Crippen molar-refractivity contribution in [2.75, 3.05) is 31.9 Å². The number of piperidine rings is 1. The van der Waals surface area contributed by atoms with Gasteiger partial charge in [0.2, 0.25) is 0 Å². The van der Waals surface area contributed by atoms with E-state index in [1.807, 2.05) is 18.2 Å². The second-order valence-electron chi connectivity index (χ2n) is 9.81. The molecule has 1 aromatic carbocycles. The number of benzene rings is 1. The first kappa shape index (κ1) is 23.1. The van der Waals surface area contributed by atoms with Gasteiger partial charge in [-0.2, -0.15) is 13.2 Å². The highest BCUT2D eigenvalue weighted by molar-refractivity contribution is 5.89. The molecule has 3 fully saturated rings. The minimum absolute atomic E-state index is 0.0658. The number of ether oxygens (including phenoxy) is 1. The van der Waals surface area contributed by atoms with Crippen molar-refractivity contribution in [3.05, 3.63) is 59.4 Å². The number of anilines is 1. The smallest absolute Gasteiger partial charge is 0.399 e. The summed E-state index contributed by atoms with van der Waals surface area (Å²) in [5, 5.41) is 0. The van der Waals surface area contributed by atoms with Crippen molar-refractivity contribution in [1.29, 1.82) is 0 Å². The van der Waals surface area contributed by atoms with Gasteiger partial charge in [-0.05, 0) is 61.9 Å². The maximum atomic E-state index is 13.1. The zero-order valence-corrected chi connectivity index (χ0v) is 19.0. The third kappa shape index (κ3) is 4.77. The van der Waals surface area contributed by atoms with E-state index in [-0.39, 0.29) is 12.5 Å². The number of amides is 1. The van der Waals surface area contributed by atoms with Gasteiger partial charge in [0.15, 0.2) is 0 Å². The third-order valence-electron chi connectivity index (χ3n) is 7.21. The second kappa shape index (κ2) is 8.53. The summed E-state index contributed by atoms with van der Waals surface area (Å²) < 4.78 is 45.1. The van der Waals surface area contributed by atoms with Crippen LogP contribution in [0.25, 0.3) is 0 Å². The molecule has 5 rings (SSSR count). The molecule has 2 aromatic rings. The third-order valence-corrected chi connectivity index (χ3v) is 7.21. The molecule has 2 spiro atoms. The molecule has 0 radical (unpaired) electrons. The molecule has 182 valence electrons. The molecule has 1 aliphatic carbocycles. The molecule has 0 unspecified atom stereocenters. The Hall–Kier alpha value is -2.65. The molecular weight excluding hydrogens is 445 g/mol. The highest BCUT2D eigenvalue weighted by atomic mass is 19.4. The molecule has 2 aliphatic heterocycles. The Morgan fingerprint density at radius 2 is 1.85 bits per heavy atom. The number of nitrogens with zero attached hydrogens (tertiary/aromatic N) is 3. The number of halogens is 3. The lowest BCUT2D eigenvalue weighted by molar-refractivity contribution is -0.201. The van der Waals surface area contributed by atoms with Gasteiger partial charge in [0.05, 0.1) is 29.9 Å². The summed E-state index contributed by atoms with van der Waals surface area (Å²) in [4.78, 5) is 21.2. The number of aromatic nitrogens is 1. The van der Waals surface area contributed by atoms with E-state index in [2.05, 4.69) is 16.0 Å². The molecule has 6 nitrogen and oxygen atoms in total. The van der Waals surface area contributed by atoms with Crippen molar-refractivity contribution in [3.8, 4) is 0 Å². The summed E-state index contributed by atoms with van der Waals surface area (Å²) in [6, 6.07) is 10.3. The van der Waals surface area contributed by atoms with Gasteiger partial charge in [-0.3, -0.25) is 9.78 Å². The van der Waals surface area contributed by atoms with Crippen molar-refractivity contribution in [3.63, 3.8) is 0 Å². The van der Waals surface area contributed by atoms with Crippen molar-refractivity contribution in [1.82, 2.24) is 14.8 Å². The summed E-state index contributed by atoms with van der Waals surface area (Å²) in [6.45, 7) is 3.32. The normalized spacial score (nSPS) is 21.9. The molecule has 34 heavy (non-hydrogen) atoms. The predicted molar refractivity (Wildman–Crippen MR) is 121 cm³/mol. The van der Waals surface area contributed by atoms with Crippen LogP contribution in [0.4, 0.5) is 18.9 Å². The number of carbonyl (C=O) groups excluding carboxylic acids is 1. The van der Waals surface area contributed by atoms with Gasteiger partial charge in [-0.25, -0.2) is 0 Å². The van der Waals surface area contributed by atoms with Crippen LogP contribution in [-0.4, -0.2) is 58.1 Å². The van der Waals surface area contributed by atoms with Crippen LogP contribution in [0, 0.1) is 0 Å². The molecule has 2 saturated heterocycles. The van der Waals surface area contributed by atoms with Crippen LogP contribution < -0.4 is 5.73 Å². The summed E-state index contributed by atoms with van der Waals surface area (Å²) in [5.41, 5.74) is 6.36. The number of alkyl halides is 3. The minimum Gasteiger partial charge on any atom is -0.399 e. The zero-order valence-electron chi connectivity index (χ0n) is 19.0. The maximum Gasteiger partial charge on any atom is 0.417 e. The Labute approximate surface area is 196 Å². The van der Waals surface area contributed by atoms with Crippen LogP contribution in [0.1, 0.15) is 42.5 Å². The van der Waals surface area contributed by atoms with Gasteiger partial charge in [-0.15, -0.1) is 0 Å². The van der Waals surface area contributed by atoms with Crippen LogP contribution >= 0.6 is 0 Å². The van der Waals surface area contributed by atoms with Gasteiger partial charge >= 0.3 is 6.18 Å². The van der Waals surface area contributed by atoms with Crippen LogP contribution in [0.15, 0.2) is 42.6 Å². The summed E-state index contributed by atoms with van der Waals surface area (Å²) >= 11 is 0. The Morgan fingerprint density at radius 1 is 1.09 bits per heavy atom. The Morgan fingerprint density at radius 3 is 2.47 bits per heavy atom. The van der Waals surface area contributed by atoms with E-state index in [0.717, 1.165) is 56.8 Å². The molecule has 2 N–H and O–H groups in total. The lowest BCUT2D eigenvalue weighted by atomic mass is 9.87. The average molecular weight is 475 g/mol. The topological polar surface area (TPSA) is 71.7 Å². The molecule has 1 amide bonds. The first-order chi connectivity index (χ1) is 16.2. The molecule has 1 aromatic heterocycles. The number of nitrogen functional groups attached to an aromatic ring is 1. The van der Waals surface area contributed by atoms with E-state index >= 15 is 0 Å². The molecular formula is C25H29F3N4O2. The van der Waals surface area contributed by atoms with Gasteiger partial charge < -0.3 is 20.3 Å². The monoisotopic (exact) mass is 474 g/mol. The van der Waals surface area contributed by atoms with Crippen LogP contribution in [0.3, 0.4) is 0 Å². The lowest BCUT2D eigenvalue weighted by Crippen LogP contribution is -2.62. The molecule has 9 heteroatoms. The maximum absolute atomic E-state index is 13.1. The fourth-order valence-corrected chi connectivity index (χ4v) is 5.12. The van der Waals surface area contributed by atoms with Crippen LogP contribution in [0.2, 0.25) is 0 Å². The van der Waals surface area contributed by atoms with E-state index in [0.29, 0.717) is 25.1 Å². The predicted octanol–water partition coefficient (Wildman–Crippen LogP) is 3.65. The fourth-order valence-electron chi connectivity index (χ4n) is 5.12. The van der Waals surface area contributed by atoms with E-state index in [1.54, 1.807) is 4.90 Å². The van der Waals surface area contributed by atoms with Gasteiger partial charge in [0, 0.05) is 31.5 Å². The zero-order chi connectivity index (χ0) is 24.0. The van der Waals surface area contributed by atoms with Gasteiger partial charge in [0.25, 0.3) is 5.91 Å². The first-order valence-corrected chi connectivity index (χ1v) is 11.8. The highest BCUT2D eigenvalue weighted by Gasteiger charge is 2.61. The van der Waals surface area contributed by atoms with Crippen molar-refractivity contribution < 1.29 is 22.7 Å². The number of hydrogen-bond donors (Lipinski definition) is 1. The fraction of sp³-hybridized carbons (Fsp3) is 0.520. The van der Waals surface area contributed by atoms with E-state index in [9.17, 15) is 18.0 Å². The Balaban J connectivity index is 1.22. The number of morpholine rings is 1. The summed E-state index contributed by atoms with van der Waals surface area (Å²) in [6.07, 6.45) is 0.359. The standard InChI is InChI=1S/C25H29F3N4O2/c26-25(27,28)19-4-5-21(30-15-19)16-32-17-23(34-24(7-8-24)22(32)33)9-12-31(13-10-23)11-6-18-2-1-3-20(29)14-18/h1-5,14-15H,6-13,16-17,29H2. The largest absolute Gasteiger partial charge is 0.417 e. The Kier molecular flexibility index (Phi) is 5.80. The Bertz CT molecular complexity index is 1040. The highest BCUT2D eigenvalue weighted by Crippen LogP contribution is 2.50. The number of pyridine rings is 1. The van der Waals surface area contributed by atoms with E-state index in [1.165, 1.54) is 11.6 Å². The van der Waals surface area contributed by atoms with Crippen molar-refractivity contribution >= 4 is 11.6 Å². The molecule has 0 atom stereocenters. The minimum atomic E-state index is -4.43. The molecule has 3 aliphatic rings. The van der Waals surface area contributed by atoms with Crippen molar-refractivity contribution in [2.45, 2.75) is 56.0 Å². The van der Waals surface area contributed by atoms with Crippen LogP contribution in [-0.2, 0) is 28.7 Å². The van der Waals surface area contributed by atoms with Crippen molar-refractivity contribution in [2.24, 2.45) is 0 Å². The number of carbonyl (C=O) groups is 1. The molecule has 0 bridgehead atoms.